The summed E-state index contributed by atoms with van der Waals surface area (Å²) in [5.74, 6) is 1.67. The molecule has 1 amide bonds. The summed E-state index contributed by atoms with van der Waals surface area (Å²) in [5.41, 5.74) is 5.13. The van der Waals surface area contributed by atoms with Crippen molar-refractivity contribution in [3.05, 3.63) is 23.7 Å². The molecule has 21 heavy (non-hydrogen) atoms. The van der Waals surface area contributed by atoms with Crippen molar-refractivity contribution < 1.29 is 9.21 Å². The number of guanidine groups is 1. The number of nitrogens with one attached hydrogen (secondary N) is 2. The fourth-order valence-corrected chi connectivity index (χ4v) is 1.71. The van der Waals surface area contributed by atoms with E-state index in [-0.39, 0.29) is 29.7 Å². The Balaban J connectivity index is 0.00000400. The Morgan fingerprint density at radius 1 is 1.38 bits per heavy atom. The van der Waals surface area contributed by atoms with E-state index >= 15 is 0 Å². The Bertz CT molecular complexity index is 458. The summed E-state index contributed by atoms with van der Waals surface area (Å²) in [5, 5.41) is 6.35. The lowest BCUT2D eigenvalue weighted by Crippen LogP contribution is -2.37. The first-order valence-corrected chi connectivity index (χ1v) is 6.86. The van der Waals surface area contributed by atoms with Crippen LogP contribution in [0.25, 0.3) is 0 Å². The second-order valence-electron chi connectivity index (χ2n) is 5.02. The van der Waals surface area contributed by atoms with Crippen LogP contribution in [-0.2, 0) is 6.54 Å². The van der Waals surface area contributed by atoms with Crippen molar-refractivity contribution in [2.75, 3.05) is 13.6 Å². The van der Waals surface area contributed by atoms with Gasteiger partial charge in [-0.2, -0.15) is 0 Å². The third-order valence-corrected chi connectivity index (χ3v) is 2.81. The van der Waals surface area contributed by atoms with Crippen LogP contribution in [-0.4, -0.2) is 25.5 Å². The van der Waals surface area contributed by atoms with Crippen molar-refractivity contribution >= 4 is 35.8 Å². The van der Waals surface area contributed by atoms with Crippen LogP contribution < -0.4 is 16.4 Å². The summed E-state index contributed by atoms with van der Waals surface area (Å²) in [6.45, 7) is 5.75. The second kappa shape index (κ2) is 10.5. The molecule has 0 spiro atoms. The zero-order valence-corrected chi connectivity index (χ0v) is 15.1. The molecule has 0 aliphatic heterocycles. The average Bonchev–Trinajstić information content (AvgIpc) is 2.86. The molecule has 0 fully saturated rings. The average molecular weight is 408 g/mol. The Kier molecular flexibility index (Phi) is 9.85. The number of furan rings is 1. The molecular formula is C14H25IN4O2. The van der Waals surface area contributed by atoms with Gasteiger partial charge in [-0.3, -0.25) is 9.79 Å². The maximum Gasteiger partial charge on any atom is 0.284 e. The highest BCUT2D eigenvalue weighted by molar-refractivity contribution is 14.0. The predicted molar refractivity (Wildman–Crippen MR) is 94.9 cm³/mol. The molecular weight excluding hydrogens is 383 g/mol. The van der Waals surface area contributed by atoms with Crippen LogP contribution in [0.5, 0.6) is 0 Å². The zero-order valence-electron chi connectivity index (χ0n) is 12.8. The zero-order chi connectivity index (χ0) is 15.0. The molecule has 6 nitrogen and oxygen atoms in total. The molecule has 0 aliphatic carbocycles. The van der Waals surface area contributed by atoms with Crippen LogP contribution in [0.3, 0.4) is 0 Å². The number of carbonyl (C=O) groups excluding carboxylic acids is 1. The van der Waals surface area contributed by atoms with E-state index in [2.05, 4.69) is 29.5 Å². The molecule has 0 unspecified atom stereocenters. The molecule has 7 heteroatoms. The van der Waals surface area contributed by atoms with Gasteiger partial charge < -0.3 is 20.8 Å². The molecule has 0 aliphatic rings. The number of amides is 1. The Labute approximate surface area is 143 Å². The molecule has 0 saturated carbocycles. The Hall–Kier alpha value is -1.25. The third kappa shape index (κ3) is 7.93. The molecule has 0 saturated heterocycles. The standard InChI is InChI=1S/C14H24N4O2.HI/c1-10(2)5-4-8-17-14(16-3)18-9-11-6-7-12(20-11)13(15)19;/h6-7,10H,4-5,8-9H2,1-3H3,(H2,15,19)(H2,16,17,18);1H. The predicted octanol–water partition coefficient (Wildman–Crippen LogP) is 2.10. The van der Waals surface area contributed by atoms with Gasteiger partial charge in [0.25, 0.3) is 5.91 Å². The van der Waals surface area contributed by atoms with E-state index < -0.39 is 5.91 Å². The molecule has 4 N–H and O–H groups in total. The highest BCUT2D eigenvalue weighted by Gasteiger charge is 2.07. The molecule has 0 aromatic carbocycles. The van der Waals surface area contributed by atoms with Gasteiger partial charge in [-0.25, -0.2) is 0 Å². The van der Waals surface area contributed by atoms with Crippen LogP contribution in [0, 0.1) is 5.92 Å². The van der Waals surface area contributed by atoms with Gasteiger partial charge in [-0.05, 0) is 30.9 Å². The minimum Gasteiger partial charge on any atom is -0.454 e. The monoisotopic (exact) mass is 408 g/mol. The van der Waals surface area contributed by atoms with Gasteiger partial charge in [0, 0.05) is 13.6 Å². The lowest BCUT2D eigenvalue weighted by molar-refractivity contribution is 0.0972. The van der Waals surface area contributed by atoms with Crippen LogP contribution in [0.1, 0.15) is 43.0 Å². The van der Waals surface area contributed by atoms with Crippen LogP contribution in [0.2, 0.25) is 0 Å². The SMILES string of the molecule is CN=C(NCCCC(C)C)NCc1ccc(C(N)=O)o1.I. The minimum atomic E-state index is -0.563. The van der Waals surface area contributed by atoms with Crippen molar-refractivity contribution in [2.24, 2.45) is 16.6 Å². The molecule has 1 heterocycles. The summed E-state index contributed by atoms with van der Waals surface area (Å²) in [6, 6.07) is 3.29. The molecule has 1 rings (SSSR count). The summed E-state index contributed by atoms with van der Waals surface area (Å²) >= 11 is 0. The van der Waals surface area contributed by atoms with E-state index in [1.54, 1.807) is 19.2 Å². The summed E-state index contributed by atoms with van der Waals surface area (Å²) in [6.07, 6.45) is 2.29. The van der Waals surface area contributed by atoms with Gasteiger partial charge in [0.15, 0.2) is 11.7 Å². The lowest BCUT2D eigenvalue weighted by Gasteiger charge is -2.11. The molecule has 1 aromatic heterocycles. The molecule has 1 aromatic rings. The van der Waals surface area contributed by atoms with E-state index in [9.17, 15) is 4.79 Å². The number of halogens is 1. The first-order chi connectivity index (χ1) is 9.52. The van der Waals surface area contributed by atoms with Gasteiger partial charge in [0.1, 0.15) is 5.76 Å². The summed E-state index contributed by atoms with van der Waals surface area (Å²) < 4.78 is 5.28. The van der Waals surface area contributed by atoms with Crippen LogP contribution >= 0.6 is 24.0 Å². The molecule has 0 radical (unpaired) electrons. The van der Waals surface area contributed by atoms with E-state index in [0.29, 0.717) is 24.2 Å². The number of nitrogens with zero attached hydrogens (tertiary/aromatic N) is 1. The fourth-order valence-electron chi connectivity index (χ4n) is 1.71. The fraction of sp³-hybridized carbons (Fsp3) is 0.571. The Morgan fingerprint density at radius 3 is 2.62 bits per heavy atom. The first kappa shape index (κ1) is 19.8. The maximum atomic E-state index is 10.9. The van der Waals surface area contributed by atoms with Gasteiger partial charge in [-0.1, -0.05) is 13.8 Å². The van der Waals surface area contributed by atoms with Crippen molar-refractivity contribution in [3.8, 4) is 0 Å². The highest BCUT2D eigenvalue weighted by Crippen LogP contribution is 2.06. The lowest BCUT2D eigenvalue weighted by atomic mass is 10.1. The number of primary amides is 1. The van der Waals surface area contributed by atoms with Gasteiger partial charge >= 0.3 is 0 Å². The number of carbonyl (C=O) groups is 1. The topological polar surface area (TPSA) is 92.6 Å². The van der Waals surface area contributed by atoms with E-state index in [0.717, 1.165) is 13.0 Å². The number of rotatable bonds is 7. The number of nitrogens with two attached hydrogens (primary N) is 1. The second-order valence-corrected chi connectivity index (χ2v) is 5.02. The smallest absolute Gasteiger partial charge is 0.284 e. The van der Waals surface area contributed by atoms with Crippen molar-refractivity contribution in [2.45, 2.75) is 33.2 Å². The number of hydrogen-bond acceptors (Lipinski definition) is 3. The Morgan fingerprint density at radius 2 is 2.10 bits per heavy atom. The molecule has 0 bridgehead atoms. The minimum absolute atomic E-state index is 0. The van der Waals surface area contributed by atoms with Gasteiger partial charge in [0.2, 0.25) is 0 Å². The van der Waals surface area contributed by atoms with Gasteiger partial charge in [0.05, 0.1) is 6.54 Å². The summed E-state index contributed by atoms with van der Waals surface area (Å²) in [7, 11) is 1.72. The number of aliphatic imine (C=N–C) groups is 1. The quantitative estimate of drug-likeness (QED) is 0.279. The van der Waals surface area contributed by atoms with Crippen molar-refractivity contribution in [3.63, 3.8) is 0 Å². The van der Waals surface area contributed by atoms with Crippen molar-refractivity contribution in [1.82, 2.24) is 10.6 Å². The van der Waals surface area contributed by atoms with Crippen LogP contribution in [0.15, 0.2) is 21.5 Å². The first-order valence-electron chi connectivity index (χ1n) is 6.86. The van der Waals surface area contributed by atoms with Gasteiger partial charge in [-0.15, -0.1) is 24.0 Å². The van der Waals surface area contributed by atoms with Crippen molar-refractivity contribution in [1.29, 1.82) is 0 Å². The third-order valence-electron chi connectivity index (χ3n) is 2.81. The summed E-state index contributed by atoms with van der Waals surface area (Å²) in [4.78, 5) is 15.0. The highest BCUT2D eigenvalue weighted by atomic mass is 127. The normalized spacial score (nSPS) is 11.1. The van der Waals surface area contributed by atoms with E-state index in [1.807, 2.05) is 0 Å². The molecule has 120 valence electrons. The van der Waals surface area contributed by atoms with Crippen LogP contribution in [0.4, 0.5) is 0 Å². The number of hydrogen-bond donors (Lipinski definition) is 3. The van der Waals surface area contributed by atoms with E-state index in [1.165, 1.54) is 6.42 Å². The maximum absolute atomic E-state index is 10.9. The van der Waals surface area contributed by atoms with E-state index in [4.69, 9.17) is 10.2 Å². The molecule has 0 atom stereocenters. The largest absolute Gasteiger partial charge is 0.454 e.